The minimum absolute atomic E-state index is 0.105. The van der Waals surface area contributed by atoms with Gasteiger partial charge in [0.05, 0.1) is 11.3 Å². The van der Waals surface area contributed by atoms with Crippen molar-refractivity contribution in [1.29, 1.82) is 0 Å². The normalized spacial score (nSPS) is 11.9. The van der Waals surface area contributed by atoms with Gasteiger partial charge in [-0.3, -0.25) is 9.59 Å². The average molecular weight is 382 g/mol. The lowest BCUT2D eigenvalue weighted by Crippen LogP contribution is -2.47. The Hall–Kier alpha value is -3.62. The summed E-state index contributed by atoms with van der Waals surface area (Å²) in [5.74, 6) is -1.87. The third-order valence-electron chi connectivity index (χ3n) is 4.10. The highest BCUT2D eigenvalue weighted by Gasteiger charge is 2.25. The third kappa shape index (κ3) is 4.37. The van der Waals surface area contributed by atoms with Crippen LogP contribution in [0.2, 0.25) is 0 Å². The van der Waals surface area contributed by atoms with E-state index in [4.69, 9.17) is 0 Å². The van der Waals surface area contributed by atoms with Crippen LogP contribution in [0.25, 0.3) is 5.69 Å². The number of amides is 2. The van der Waals surface area contributed by atoms with E-state index in [1.165, 1.54) is 29.2 Å². The first kappa shape index (κ1) is 19.2. The van der Waals surface area contributed by atoms with Gasteiger partial charge in [0, 0.05) is 5.69 Å². The van der Waals surface area contributed by atoms with Crippen LogP contribution in [0.15, 0.2) is 54.9 Å². The fourth-order valence-corrected chi connectivity index (χ4v) is 2.60. The van der Waals surface area contributed by atoms with Crippen molar-refractivity contribution in [3.05, 3.63) is 66.2 Å². The topological polar surface area (TPSA) is 102 Å². The summed E-state index contributed by atoms with van der Waals surface area (Å²) < 4.78 is 15.3. The number of anilines is 1. The summed E-state index contributed by atoms with van der Waals surface area (Å²) in [4.78, 5) is 25.0. The quantitative estimate of drug-likeness (QED) is 0.680. The van der Waals surface area contributed by atoms with Crippen molar-refractivity contribution in [3.8, 4) is 5.69 Å². The lowest BCUT2D eigenvalue weighted by Gasteiger charge is -2.22. The van der Waals surface area contributed by atoms with Crippen LogP contribution in [0.5, 0.6) is 0 Å². The third-order valence-corrected chi connectivity index (χ3v) is 4.10. The van der Waals surface area contributed by atoms with Gasteiger partial charge in [0.25, 0.3) is 5.91 Å². The second kappa shape index (κ2) is 8.38. The van der Waals surface area contributed by atoms with E-state index in [2.05, 4.69) is 26.2 Å². The van der Waals surface area contributed by atoms with E-state index >= 15 is 0 Å². The van der Waals surface area contributed by atoms with Crippen LogP contribution in [-0.4, -0.2) is 38.1 Å². The van der Waals surface area contributed by atoms with Crippen LogP contribution in [0.3, 0.4) is 0 Å². The molecule has 144 valence electrons. The molecule has 0 saturated carbocycles. The molecule has 3 rings (SSSR count). The summed E-state index contributed by atoms with van der Waals surface area (Å²) in [6.07, 6.45) is 1.46. The molecule has 0 saturated heterocycles. The molecule has 0 aliphatic heterocycles. The van der Waals surface area contributed by atoms with Gasteiger partial charge < -0.3 is 10.6 Å². The number of carbonyl (C=O) groups excluding carboxylic acids is 2. The maximum atomic E-state index is 13.8. The maximum absolute atomic E-state index is 13.8. The summed E-state index contributed by atoms with van der Waals surface area (Å²) in [5, 5.41) is 16.3. The number of benzene rings is 2. The summed E-state index contributed by atoms with van der Waals surface area (Å²) >= 11 is 0. The first-order valence-electron chi connectivity index (χ1n) is 8.65. The Kier molecular flexibility index (Phi) is 5.73. The highest BCUT2D eigenvalue weighted by molar-refractivity contribution is 6.01. The molecule has 28 heavy (non-hydrogen) atoms. The van der Waals surface area contributed by atoms with E-state index in [0.717, 1.165) is 5.69 Å². The molecule has 9 heteroatoms. The molecular weight excluding hydrogens is 363 g/mol. The van der Waals surface area contributed by atoms with Crippen LogP contribution >= 0.6 is 0 Å². The number of rotatable bonds is 6. The molecule has 8 nitrogen and oxygen atoms in total. The summed E-state index contributed by atoms with van der Waals surface area (Å²) in [6, 6.07) is 11.7. The predicted octanol–water partition coefficient (Wildman–Crippen LogP) is 2.19. The molecule has 0 bridgehead atoms. The van der Waals surface area contributed by atoms with E-state index in [9.17, 15) is 14.0 Å². The van der Waals surface area contributed by atoms with E-state index in [-0.39, 0.29) is 11.5 Å². The lowest BCUT2D eigenvalue weighted by atomic mass is 10.0. The second-order valence-corrected chi connectivity index (χ2v) is 6.47. The smallest absolute Gasteiger partial charge is 0.254 e. The molecule has 0 unspecified atom stereocenters. The van der Waals surface area contributed by atoms with Gasteiger partial charge in [0.2, 0.25) is 5.91 Å². The summed E-state index contributed by atoms with van der Waals surface area (Å²) in [6.45, 7) is 3.60. The predicted molar refractivity (Wildman–Crippen MR) is 100 cm³/mol. The Balaban J connectivity index is 1.69. The van der Waals surface area contributed by atoms with Crippen molar-refractivity contribution >= 4 is 17.5 Å². The van der Waals surface area contributed by atoms with Crippen molar-refractivity contribution in [1.82, 2.24) is 25.5 Å². The molecule has 1 heterocycles. The van der Waals surface area contributed by atoms with E-state index in [1.54, 1.807) is 44.2 Å². The number of nitrogens with zero attached hydrogens (tertiary/aromatic N) is 4. The summed E-state index contributed by atoms with van der Waals surface area (Å²) in [7, 11) is 0. The maximum Gasteiger partial charge on any atom is 0.254 e. The van der Waals surface area contributed by atoms with Gasteiger partial charge in [-0.25, -0.2) is 9.07 Å². The molecule has 3 aromatic rings. The largest absolute Gasteiger partial charge is 0.340 e. The van der Waals surface area contributed by atoms with Gasteiger partial charge in [-0.1, -0.05) is 26.0 Å². The zero-order chi connectivity index (χ0) is 20.1. The number of nitrogens with one attached hydrogen (secondary N) is 2. The van der Waals surface area contributed by atoms with E-state index < -0.39 is 23.7 Å². The zero-order valence-corrected chi connectivity index (χ0v) is 15.3. The lowest BCUT2D eigenvalue weighted by molar-refractivity contribution is -0.118. The highest BCUT2D eigenvalue weighted by Crippen LogP contribution is 2.14. The standard InChI is InChI=1S/C19H19FN6O2/c1-12(2)17(23-18(27)15-5-3-4-6-16(15)20)19(28)22-13-7-9-14(10-8-13)26-11-21-24-25-26/h3-12,17H,1-2H3,(H,22,28)(H,23,27)/t17-/m0/s1. The molecular formula is C19H19FN6O2. The average Bonchev–Trinajstić information content (AvgIpc) is 3.21. The van der Waals surface area contributed by atoms with Crippen molar-refractivity contribution in [3.63, 3.8) is 0 Å². The van der Waals surface area contributed by atoms with Gasteiger partial charge in [0.15, 0.2) is 0 Å². The fourth-order valence-electron chi connectivity index (χ4n) is 2.60. The van der Waals surface area contributed by atoms with Crippen molar-refractivity contribution in [2.24, 2.45) is 5.92 Å². The number of carbonyl (C=O) groups is 2. The molecule has 2 aromatic carbocycles. The number of halogens is 1. The highest BCUT2D eigenvalue weighted by atomic mass is 19.1. The monoisotopic (exact) mass is 382 g/mol. The SMILES string of the molecule is CC(C)[C@H](NC(=O)c1ccccc1F)C(=O)Nc1ccc(-n2cnnn2)cc1. The summed E-state index contributed by atoms with van der Waals surface area (Å²) in [5.41, 5.74) is 1.18. The van der Waals surface area contributed by atoms with E-state index in [1.807, 2.05) is 0 Å². The Labute approximate surface area is 160 Å². The molecule has 0 aliphatic rings. The second-order valence-electron chi connectivity index (χ2n) is 6.47. The van der Waals surface area contributed by atoms with Crippen LogP contribution in [0, 0.1) is 11.7 Å². The molecule has 1 atom stereocenters. The van der Waals surface area contributed by atoms with Crippen LogP contribution < -0.4 is 10.6 Å². The Morgan fingerprint density at radius 2 is 1.79 bits per heavy atom. The first-order valence-corrected chi connectivity index (χ1v) is 8.65. The number of aromatic nitrogens is 4. The van der Waals surface area contributed by atoms with Crippen LogP contribution in [0.1, 0.15) is 24.2 Å². The first-order chi connectivity index (χ1) is 13.5. The molecule has 0 aliphatic carbocycles. The van der Waals surface area contributed by atoms with E-state index in [0.29, 0.717) is 5.69 Å². The minimum atomic E-state index is -0.828. The minimum Gasteiger partial charge on any atom is -0.340 e. The Morgan fingerprint density at radius 3 is 2.39 bits per heavy atom. The number of tetrazole rings is 1. The van der Waals surface area contributed by atoms with Gasteiger partial charge in [-0.15, -0.1) is 5.10 Å². The van der Waals surface area contributed by atoms with Gasteiger partial charge in [-0.2, -0.15) is 0 Å². The zero-order valence-electron chi connectivity index (χ0n) is 15.3. The van der Waals surface area contributed by atoms with Crippen LogP contribution in [0.4, 0.5) is 10.1 Å². The number of hydrogen-bond donors (Lipinski definition) is 2. The Morgan fingerprint density at radius 1 is 1.07 bits per heavy atom. The molecule has 2 amide bonds. The van der Waals surface area contributed by atoms with Crippen LogP contribution in [-0.2, 0) is 4.79 Å². The molecule has 1 aromatic heterocycles. The molecule has 0 radical (unpaired) electrons. The fraction of sp³-hybridized carbons (Fsp3) is 0.211. The van der Waals surface area contributed by atoms with Crippen molar-refractivity contribution in [2.45, 2.75) is 19.9 Å². The van der Waals surface area contributed by atoms with Gasteiger partial charge in [0.1, 0.15) is 18.2 Å². The molecule has 0 spiro atoms. The van der Waals surface area contributed by atoms with Crippen molar-refractivity contribution in [2.75, 3.05) is 5.32 Å². The van der Waals surface area contributed by atoms with Gasteiger partial charge >= 0.3 is 0 Å². The van der Waals surface area contributed by atoms with Gasteiger partial charge in [-0.05, 0) is 52.7 Å². The molecule has 0 fully saturated rings. The Bertz CT molecular complexity index is 957. The molecule has 2 N–H and O–H groups in total. The number of hydrogen-bond acceptors (Lipinski definition) is 5. The van der Waals surface area contributed by atoms with Crippen molar-refractivity contribution < 1.29 is 14.0 Å².